The summed E-state index contributed by atoms with van der Waals surface area (Å²) in [6.45, 7) is 14.9. The van der Waals surface area contributed by atoms with Crippen molar-refractivity contribution in [2.45, 2.75) is 125 Å². The van der Waals surface area contributed by atoms with Crippen LogP contribution >= 0.6 is 0 Å². The van der Waals surface area contributed by atoms with Crippen LogP contribution in [-0.4, -0.2) is 25.8 Å². The predicted octanol–water partition coefficient (Wildman–Crippen LogP) is 7.72. The van der Waals surface area contributed by atoms with Gasteiger partial charge in [-0.1, -0.05) is 85.0 Å². The summed E-state index contributed by atoms with van der Waals surface area (Å²) >= 11 is 0. The molecule has 0 amide bonds. The third-order valence-electron chi connectivity index (χ3n) is 5.28. The Morgan fingerprint density at radius 1 is 0.556 bits per heavy atom. The molecule has 1 unspecified atom stereocenters. The normalized spacial score (nSPS) is 13.4. The smallest absolute Gasteiger partial charge is 0.285 e. The molecule has 0 saturated heterocycles. The summed E-state index contributed by atoms with van der Waals surface area (Å²) < 4.78 is 18.4. The average Bonchev–Trinajstić information content (AvgIpc) is 2.62. The summed E-state index contributed by atoms with van der Waals surface area (Å²) in [6.07, 6.45) is 15.4. The molecule has 0 heterocycles. The lowest BCUT2D eigenvalue weighted by molar-refractivity contribution is -0.403. The van der Waals surface area contributed by atoms with Gasteiger partial charge in [0.1, 0.15) is 0 Å². The first-order valence-electron chi connectivity index (χ1n) is 12.0. The van der Waals surface area contributed by atoms with Gasteiger partial charge in [-0.25, -0.2) is 0 Å². The van der Waals surface area contributed by atoms with Gasteiger partial charge >= 0.3 is 0 Å². The lowest BCUT2D eigenvalue weighted by atomic mass is 9.91. The van der Waals surface area contributed by atoms with E-state index in [-0.39, 0.29) is 0 Å². The van der Waals surface area contributed by atoms with E-state index in [1.807, 2.05) is 20.8 Å². The Labute approximate surface area is 170 Å². The molecule has 3 heteroatoms. The van der Waals surface area contributed by atoms with E-state index in [2.05, 4.69) is 20.8 Å². The van der Waals surface area contributed by atoms with E-state index >= 15 is 0 Å². The summed E-state index contributed by atoms with van der Waals surface area (Å²) in [4.78, 5) is 0. The first-order chi connectivity index (χ1) is 13.1. The zero-order valence-electron chi connectivity index (χ0n) is 19.5. The molecule has 0 radical (unpaired) electrons. The van der Waals surface area contributed by atoms with Crippen LogP contribution in [0.5, 0.6) is 0 Å². The van der Waals surface area contributed by atoms with Gasteiger partial charge in [0.2, 0.25) is 0 Å². The average molecular weight is 387 g/mol. The second kappa shape index (κ2) is 17.9. The minimum Gasteiger partial charge on any atom is -0.328 e. The van der Waals surface area contributed by atoms with Crippen molar-refractivity contribution in [3.8, 4) is 0 Å². The van der Waals surface area contributed by atoms with Gasteiger partial charge in [0, 0.05) is 25.7 Å². The van der Waals surface area contributed by atoms with Gasteiger partial charge in [-0.15, -0.1) is 0 Å². The quantitative estimate of drug-likeness (QED) is 0.158. The second-order valence-corrected chi connectivity index (χ2v) is 8.19. The van der Waals surface area contributed by atoms with Gasteiger partial charge < -0.3 is 14.2 Å². The number of rotatable bonds is 20. The van der Waals surface area contributed by atoms with E-state index in [9.17, 15) is 0 Å². The highest BCUT2D eigenvalue weighted by atomic mass is 16.9. The fourth-order valence-corrected chi connectivity index (χ4v) is 3.87. The highest BCUT2D eigenvalue weighted by Gasteiger charge is 2.41. The molecule has 0 aliphatic heterocycles. The first-order valence-corrected chi connectivity index (χ1v) is 12.0. The highest BCUT2D eigenvalue weighted by molar-refractivity contribution is 4.73. The monoisotopic (exact) mass is 386 g/mol. The van der Waals surface area contributed by atoms with Crippen LogP contribution in [0.15, 0.2) is 0 Å². The molecule has 0 aromatic heterocycles. The zero-order valence-corrected chi connectivity index (χ0v) is 19.5. The molecule has 1 atom stereocenters. The van der Waals surface area contributed by atoms with E-state index in [0.29, 0.717) is 25.7 Å². The molecule has 0 rings (SSSR count). The molecule has 0 aromatic rings. The van der Waals surface area contributed by atoms with Gasteiger partial charge in [0.25, 0.3) is 5.97 Å². The van der Waals surface area contributed by atoms with E-state index in [4.69, 9.17) is 14.2 Å². The number of ether oxygens (including phenoxy) is 3. The van der Waals surface area contributed by atoms with Crippen LogP contribution in [0.2, 0.25) is 0 Å². The molecular weight excluding hydrogens is 336 g/mol. The summed E-state index contributed by atoms with van der Waals surface area (Å²) in [5.41, 5.74) is 0. The minimum atomic E-state index is -0.848. The standard InChI is InChI=1S/C24H50O3/c1-7-11-12-13-14-17-20-23(21-18-15-16-19-22(5)6)24(25-8-2,26-9-3)27-10-4/h22-23H,7-21H2,1-6H3. The molecule has 0 aliphatic rings. The summed E-state index contributed by atoms with van der Waals surface area (Å²) in [6, 6.07) is 0. The zero-order chi connectivity index (χ0) is 20.4. The summed E-state index contributed by atoms with van der Waals surface area (Å²) in [5.74, 6) is 0.278. The molecule has 0 spiro atoms. The van der Waals surface area contributed by atoms with E-state index in [1.54, 1.807) is 0 Å². The Kier molecular flexibility index (Phi) is 17.9. The Hall–Kier alpha value is -0.120. The lowest BCUT2D eigenvalue weighted by Gasteiger charge is -2.39. The lowest BCUT2D eigenvalue weighted by Crippen LogP contribution is -2.46. The molecule has 0 saturated carbocycles. The van der Waals surface area contributed by atoms with Gasteiger partial charge in [0.15, 0.2) is 0 Å². The van der Waals surface area contributed by atoms with Gasteiger partial charge in [-0.3, -0.25) is 0 Å². The molecular formula is C24H50O3. The van der Waals surface area contributed by atoms with Crippen molar-refractivity contribution in [1.29, 1.82) is 0 Å². The topological polar surface area (TPSA) is 27.7 Å². The van der Waals surface area contributed by atoms with Crippen molar-refractivity contribution in [3.63, 3.8) is 0 Å². The maximum atomic E-state index is 6.12. The Morgan fingerprint density at radius 2 is 0.963 bits per heavy atom. The molecule has 3 nitrogen and oxygen atoms in total. The second-order valence-electron chi connectivity index (χ2n) is 8.19. The van der Waals surface area contributed by atoms with E-state index in [1.165, 1.54) is 64.2 Å². The van der Waals surface area contributed by atoms with Crippen molar-refractivity contribution in [3.05, 3.63) is 0 Å². The molecule has 164 valence electrons. The van der Waals surface area contributed by atoms with Crippen LogP contribution in [0, 0.1) is 11.8 Å². The fraction of sp³-hybridized carbons (Fsp3) is 1.00. The molecule has 0 N–H and O–H groups in total. The van der Waals surface area contributed by atoms with Crippen molar-refractivity contribution in [2.75, 3.05) is 19.8 Å². The maximum Gasteiger partial charge on any atom is 0.285 e. The number of unbranched alkanes of at least 4 members (excludes halogenated alkanes) is 7. The van der Waals surface area contributed by atoms with Gasteiger partial charge in [-0.05, 0) is 39.5 Å². The van der Waals surface area contributed by atoms with E-state index in [0.717, 1.165) is 18.8 Å². The van der Waals surface area contributed by atoms with Crippen LogP contribution in [-0.2, 0) is 14.2 Å². The Balaban J connectivity index is 4.76. The highest BCUT2D eigenvalue weighted by Crippen LogP contribution is 2.34. The van der Waals surface area contributed by atoms with Crippen LogP contribution < -0.4 is 0 Å². The van der Waals surface area contributed by atoms with Crippen molar-refractivity contribution in [1.82, 2.24) is 0 Å². The third kappa shape index (κ3) is 12.9. The summed E-state index contributed by atoms with van der Waals surface area (Å²) in [7, 11) is 0. The van der Waals surface area contributed by atoms with Crippen molar-refractivity contribution < 1.29 is 14.2 Å². The van der Waals surface area contributed by atoms with Gasteiger partial charge in [0.05, 0.1) is 0 Å². The number of hydrogen-bond acceptors (Lipinski definition) is 3. The van der Waals surface area contributed by atoms with Crippen LogP contribution in [0.25, 0.3) is 0 Å². The van der Waals surface area contributed by atoms with Crippen LogP contribution in [0.3, 0.4) is 0 Å². The molecule has 0 fully saturated rings. The molecule has 0 bridgehead atoms. The van der Waals surface area contributed by atoms with Gasteiger partial charge in [-0.2, -0.15) is 0 Å². The SMILES string of the molecule is CCCCCCCCC(CCCCCC(C)C)C(OCC)(OCC)OCC. The summed E-state index contributed by atoms with van der Waals surface area (Å²) in [5, 5.41) is 0. The number of hydrogen-bond donors (Lipinski definition) is 0. The maximum absolute atomic E-state index is 6.12. The van der Waals surface area contributed by atoms with Crippen molar-refractivity contribution in [2.24, 2.45) is 11.8 Å². The first kappa shape index (κ1) is 26.9. The predicted molar refractivity (Wildman–Crippen MR) is 117 cm³/mol. The molecule has 0 aliphatic carbocycles. The Morgan fingerprint density at radius 3 is 1.41 bits per heavy atom. The van der Waals surface area contributed by atoms with E-state index < -0.39 is 5.97 Å². The minimum absolute atomic E-state index is 0.322. The van der Waals surface area contributed by atoms with Crippen LogP contribution in [0.4, 0.5) is 0 Å². The third-order valence-corrected chi connectivity index (χ3v) is 5.28. The van der Waals surface area contributed by atoms with Crippen LogP contribution in [0.1, 0.15) is 119 Å². The largest absolute Gasteiger partial charge is 0.328 e. The fourth-order valence-electron chi connectivity index (χ4n) is 3.87. The Bertz CT molecular complexity index is 287. The molecule has 0 aromatic carbocycles. The molecule has 27 heavy (non-hydrogen) atoms. The van der Waals surface area contributed by atoms with Crippen molar-refractivity contribution >= 4 is 0 Å².